The fraction of sp³-hybridized carbons (Fsp3) is 0.588. The average Bonchev–Trinajstić information content (AvgIpc) is 2.94. The Morgan fingerprint density at radius 3 is 2.50 bits per heavy atom. The molecule has 0 radical (unpaired) electrons. The molecule has 5 heteroatoms. The molecule has 1 aromatic rings. The van der Waals surface area contributed by atoms with Gasteiger partial charge in [-0.2, -0.15) is 0 Å². The van der Waals surface area contributed by atoms with E-state index in [1.54, 1.807) is 14.2 Å². The fourth-order valence-corrected chi connectivity index (χ4v) is 2.76. The molecule has 1 aromatic carbocycles. The predicted molar refractivity (Wildman–Crippen MR) is 84.5 cm³/mol. The van der Waals surface area contributed by atoms with E-state index in [1.807, 2.05) is 39.0 Å². The van der Waals surface area contributed by atoms with Crippen molar-refractivity contribution in [3.8, 4) is 11.5 Å². The number of rotatable bonds is 4. The highest BCUT2D eigenvalue weighted by atomic mass is 16.6. The summed E-state index contributed by atoms with van der Waals surface area (Å²) < 4.78 is 16.3. The Hall–Kier alpha value is -1.75. The third-order valence-electron chi connectivity index (χ3n) is 3.76. The zero-order valence-electron chi connectivity index (χ0n) is 13.9. The zero-order valence-corrected chi connectivity index (χ0v) is 13.9. The highest BCUT2D eigenvalue weighted by Gasteiger charge is 2.38. The SMILES string of the molecule is COc1ccc(OC)c([C@@H]2CNC[C@H]2C(=O)OC(C)(C)C)c1. The van der Waals surface area contributed by atoms with Gasteiger partial charge >= 0.3 is 5.97 Å². The minimum Gasteiger partial charge on any atom is -0.497 e. The molecule has 1 aliphatic heterocycles. The summed E-state index contributed by atoms with van der Waals surface area (Å²) in [6.07, 6.45) is 0. The smallest absolute Gasteiger partial charge is 0.311 e. The molecule has 1 fully saturated rings. The van der Waals surface area contributed by atoms with Gasteiger partial charge in [-0.3, -0.25) is 4.79 Å². The Bertz CT molecular complexity index is 536. The van der Waals surface area contributed by atoms with Crippen molar-refractivity contribution in [2.24, 2.45) is 5.92 Å². The number of hydrogen-bond donors (Lipinski definition) is 1. The normalized spacial score (nSPS) is 21.5. The van der Waals surface area contributed by atoms with Crippen molar-refractivity contribution < 1.29 is 19.0 Å². The minimum atomic E-state index is -0.483. The number of carbonyl (C=O) groups excluding carboxylic acids is 1. The van der Waals surface area contributed by atoms with E-state index < -0.39 is 5.60 Å². The molecule has 122 valence electrons. The van der Waals surface area contributed by atoms with Crippen LogP contribution in [0, 0.1) is 5.92 Å². The number of hydrogen-bond acceptors (Lipinski definition) is 5. The van der Waals surface area contributed by atoms with Crippen LogP contribution in [0.15, 0.2) is 18.2 Å². The Labute approximate surface area is 131 Å². The van der Waals surface area contributed by atoms with Crippen molar-refractivity contribution in [1.29, 1.82) is 0 Å². The van der Waals surface area contributed by atoms with E-state index in [0.717, 1.165) is 17.1 Å². The first-order valence-corrected chi connectivity index (χ1v) is 7.51. The van der Waals surface area contributed by atoms with E-state index in [-0.39, 0.29) is 17.8 Å². The lowest BCUT2D eigenvalue weighted by molar-refractivity contribution is -0.159. The first-order chi connectivity index (χ1) is 10.4. The Balaban J connectivity index is 2.28. The van der Waals surface area contributed by atoms with Crippen molar-refractivity contribution in [3.05, 3.63) is 23.8 Å². The molecule has 0 unspecified atom stereocenters. The molecule has 0 aliphatic carbocycles. The highest BCUT2D eigenvalue weighted by molar-refractivity contribution is 5.75. The van der Waals surface area contributed by atoms with Crippen LogP contribution in [-0.2, 0) is 9.53 Å². The van der Waals surface area contributed by atoms with Crippen molar-refractivity contribution in [3.63, 3.8) is 0 Å². The van der Waals surface area contributed by atoms with Crippen LogP contribution < -0.4 is 14.8 Å². The molecule has 1 aliphatic rings. The van der Waals surface area contributed by atoms with E-state index in [9.17, 15) is 4.79 Å². The van der Waals surface area contributed by atoms with Crippen LogP contribution in [0.5, 0.6) is 11.5 Å². The van der Waals surface area contributed by atoms with Crippen molar-refractivity contribution >= 4 is 5.97 Å². The maximum absolute atomic E-state index is 12.5. The van der Waals surface area contributed by atoms with Gasteiger partial charge < -0.3 is 19.5 Å². The van der Waals surface area contributed by atoms with E-state index in [2.05, 4.69) is 5.32 Å². The quantitative estimate of drug-likeness (QED) is 0.865. The molecule has 1 N–H and O–H groups in total. The lowest BCUT2D eigenvalue weighted by atomic mass is 9.88. The molecular formula is C17H25NO4. The van der Waals surface area contributed by atoms with Crippen molar-refractivity contribution in [2.45, 2.75) is 32.3 Å². The highest BCUT2D eigenvalue weighted by Crippen LogP contribution is 2.37. The maximum Gasteiger partial charge on any atom is 0.311 e. The summed E-state index contributed by atoms with van der Waals surface area (Å²) in [6, 6.07) is 5.67. The summed E-state index contributed by atoms with van der Waals surface area (Å²) >= 11 is 0. The van der Waals surface area contributed by atoms with Gasteiger partial charge in [-0.15, -0.1) is 0 Å². The van der Waals surface area contributed by atoms with E-state index in [0.29, 0.717) is 13.1 Å². The molecule has 0 aromatic heterocycles. The number of benzene rings is 1. The van der Waals surface area contributed by atoms with Gasteiger partial charge in [0, 0.05) is 24.6 Å². The van der Waals surface area contributed by atoms with Gasteiger partial charge in [0.2, 0.25) is 0 Å². The van der Waals surface area contributed by atoms with Crippen LogP contribution in [0.25, 0.3) is 0 Å². The summed E-state index contributed by atoms with van der Waals surface area (Å²) in [4.78, 5) is 12.5. The first kappa shape index (κ1) is 16.6. The molecule has 2 rings (SSSR count). The Morgan fingerprint density at radius 2 is 1.91 bits per heavy atom. The van der Waals surface area contributed by atoms with Gasteiger partial charge in [0.15, 0.2) is 0 Å². The number of carbonyl (C=O) groups is 1. The number of methoxy groups -OCH3 is 2. The molecule has 2 atom stereocenters. The van der Waals surface area contributed by atoms with E-state index >= 15 is 0 Å². The Morgan fingerprint density at radius 1 is 1.18 bits per heavy atom. The summed E-state index contributed by atoms with van der Waals surface area (Å²) in [5.74, 6) is 1.14. The third kappa shape index (κ3) is 3.71. The van der Waals surface area contributed by atoms with Gasteiger partial charge in [-0.05, 0) is 39.0 Å². The topological polar surface area (TPSA) is 56.8 Å². The number of esters is 1. The van der Waals surface area contributed by atoms with Crippen LogP contribution in [-0.4, -0.2) is 38.9 Å². The standard InChI is InChI=1S/C17H25NO4/c1-17(2,3)22-16(19)14-10-18-9-13(14)12-8-11(20-4)6-7-15(12)21-5/h6-8,13-14,18H,9-10H2,1-5H3/t13-,14+/m0/s1. The van der Waals surface area contributed by atoms with Crippen LogP contribution >= 0.6 is 0 Å². The van der Waals surface area contributed by atoms with Gasteiger partial charge in [0.25, 0.3) is 0 Å². The predicted octanol–water partition coefficient (Wildman–Crippen LogP) is 2.35. The molecule has 5 nitrogen and oxygen atoms in total. The molecule has 1 heterocycles. The number of ether oxygens (including phenoxy) is 3. The first-order valence-electron chi connectivity index (χ1n) is 7.51. The molecule has 0 spiro atoms. The second-order valence-corrected chi connectivity index (χ2v) is 6.51. The zero-order chi connectivity index (χ0) is 16.3. The Kier molecular flexibility index (Phi) is 4.96. The minimum absolute atomic E-state index is 0.0138. The second-order valence-electron chi connectivity index (χ2n) is 6.51. The van der Waals surface area contributed by atoms with Crippen LogP contribution in [0.2, 0.25) is 0 Å². The molecular weight excluding hydrogens is 282 g/mol. The molecule has 22 heavy (non-hydrogen) atoms. The monoisotopic (exact) mass is 307 g/mol. The molecule has 1 saturated heterocycles. The van der Waals surface area contributed by atoms with Crippen LogP contribution in [0.3, 0.4) is 0 Å². The van der Waals surface area contributed by atoms with Gasteiger partial charge in [0.1, 0.15) is 17.1 Å². The molecule has 0 bridgehead atoms. The molecule has 0 saturated carbocycles. The van der Waals surface area contributed by atoms with E-state index in [4.69, 9.17) is 14.2 Å². The second kappa shape index (κ2) is 6.57. The lowest BCUT2D eigenvalue weighted by Gasteiger charge is -2.25. The van der Waals surface area contributed by atoms with Gasteiger partial charge in [-0.25, -0.2) is 0 Å². The average molecular weight is 307 g/mol. The summed E-state index contributed by atoms with van der Waals surface area (Å²) in [6.45, 7) is 6.98. The van der Waals surface area contributed by atoms with Crippen molar-refractivity contribution in [2.75, 3.05) is 27.3 Å². The van der Waals surface area contributed by atoms with Gasteiger partial charge in [0.05, 0.1) is 20.1 Å². The fourth-order valence-electron chi connectivity index (χ4n) is 2.76. The third-order valence-corrected chi connectivity index (χ3v) is 3.76. The summed E-state index contributed by atoms with van der Waals surface area (Å²) in [5.41, 5.74) is 0.491. The van der Waals surface area contributed by atoms with Crippen molar-refractivity contribution in [1.82, 2.24) is 5.32 Å². The van der Waals surface area contributed by atoms with Crippen LogP contribution in [0.1, 0.15) is 32.3 Å². The van der Waals surface area contributed by atoms with Gasteiger partial charge in [-0.1, -0.05) is 0 Å². The van der Waals surface area contributed by atoms with Crippen LogP contribution in [0.4, 0.5) is 0 Å². The largest absolute Gasteiger partial charge is 0.497 e. The lowest BCUT2D eigenvalue weighted by Crippen LogP contribution is -2.31. The number of nitrogens with one attached hydrogen (secondary N) is 1. The maximum atomic E-state index is 12.5. The molecule has 0 amide bonds. The summed E-state index contributed by atoms with van der Waals surface area (Å²) in [5, 5.41) is 3.28. The van der Waals surface area contributed by atoms with E-state index in [1.165, 1.54) is 0 Å². The summed E-state index contributed by atoms with van der Waals surface area (Å²) in [7, 11) is 3.26.